The summed E-state index contributed by atoms with van der Waals surface area (Å²) in [5, 5.41) is 6.78. The highest BCUT2D eigenvalue weighted by atomic mass is 32.1. The Hall–Kier alpha value is -1.04. The fourth-order valence-corrected chi connectivity index (χ4v) is 0.491. The van der Waals surface area contributed by atoms with Gasteiger partial charge in [0.2, 0.25) is 0 Å². The van der Waals surface area contributed by atoms with Crippen molar-refractivity contribution in [3.8, 4) is 0 Å². The highest BCUT2D eigenvalue weighted by molar-refractivity contribution is 7.79. The van der Waals surface area contributed by atoms with Crippen LogP contribution >= 0.6 is 12.8 Å². The van der Waals surface area contributed by atoms with Crippen LogP contribution in [-0.4, -0.2) is 24.6 Å². The lowest BCUT2D eigenvalue weighted by Gasteiger charge is -1.97. The molecule has 0 aromatic carbocycles. The first-order chi connectivity index (χ1) is 4.63. The highest BCUT2D eigenvalue weighted by Crippen LogP contribution is 1.85. The van der Waals surface area contributed by atoms with Gasteiger partial charge in [0.05, 0.1) is 7.11 Å². The SMILES string of the molecule is COC(=O)/C(=N/S)C(=N)N. The Morgan fingerprint density at radius 3 is 2.40 bits per heavy atom. The molecule has 0 aromatic rings. The van der Waals surface area contributed by atoms with Crippen molar-refractivity contribution in [3.63, 3.8) is 0 Å². The van der Waals surface area contributed by atoms with Crippen molar-refractivity contribution < 1.29 is 9.53 Å². The maximum atomic E-state index is 10.6. The quantitative estimate of drug-likeness (QED) is 0.218. The largest absolute Gasteiger partial charge is 0.464 e. The van der Waals surface area contributed by atoms with E-state index in [1.807, 2.05) is 0 Å². The number of nitrogens with two attached hydrogens (primary N) is 1. The second-order valence-electron chi connectivity index (χ2n) is 1.35. The normalized spacial score (nSPS) is 10.8. The third-order valence-electron chi connectivity index (χ3n) is 0.734. The van der Waals surface area contributed by atoms with E-state index in [4.69, 9.17) is 11.1 Å². The van der Waals surface area contributed by atoms with Gasteiger partial charge in [0.25, 0.3) is 0 Å². The molecule has 56 valence electrons. The summed E-state index contributed by atoms with van der Waals surface area (Å²) in [6.45, 7) is 0. The van der Waals surface area contributed by atoms with Crippen molar-refractivity contribution in [2.45, 2.75) is 0 Å². The third-order valence-corrected chi connectivity index (χ3v) is 0.934. The number of esters is 1. The molecule has 0 aromatic heterocycles. The summed E-state index contributed by atoms with van der Waals surface area (Å²) in [7, 11) is 1.17. The second kappa shape index (κ2) is 3.89. The van der Waals surface area contributed by atoms with Crippen LogP contribution in [0.5, 0.6) is 0 Å². The smallest absolute Gasteiger partial charge is 0.361 e. The number of ether oxygens (including phenoxy) is 1. The Morgan fingerprint density at radius 1 is 1.80 bits per heavy atom. The van der Waals surface area contributed by atoms with Gasteiger partial charge in [0.1, 0.15) is 5.84 Å². The lowest BCUT2D eigenvalue weighted by Crippen LogP contribution is -2.30. The van der Waals surface area contributed by atoms with Gasteiger partial charge in [-0.15, -0.1) is 0 Å². The lowest BCUT2D eigenvalue weighted by atomic mass is 10.3. The van der Waals surface area contributed by atoms with E-state index in [2.05, 4.69) is 21.9 Å². The van der Waals surface area contributed by atoms with Crippen LogP contribution in [0.15, 0.2) is 4.40 Å². The van der Waals surface area contributed by atoms with Crippen LogP contribution in [0.25, 0.3) is 0 Å². The molecule has 0 atom stereocenters. The fraction of sp³-hybridized carbons (Fsp3) is 0.250. The van der Waals surface area contributed by atoms with Crippen LogP contribution in [0.3, 0.4) is 0 Å². The van der Waals surface area contributed by atoms with Gasteiger partial charge in [-0.3, -0.25) is 5.41 Å². The molecule has 0 saturated heterocycles. The van der Waals surface area contributed by atoms with Gasteiger partial charge in [-0.25, -0.2) is 9.19 Å². The predicted molar refractivity (Wildman–Crippen MR) is 40.4 cm³/mol. The highest BCUT2D eigenvalue weighted by Gasteiger charge is 2.13. The Kier molecular flexibility index (Phi) is 3.48. The number of rotatable bonds is 2. The molecule has 0 spiro atoms. The molecule has 0 radical (unpaired) electrons. The molecule has 10 heavy (non-hydrogen) atoms. The maximum absolute atomic E-state index is 10.6. The van der Waals surface area contributed by atoms with Crippen LogP contribution in [0.4, 0.5) is 0 Å². The van der Waals surface area contributed by atoms with Crippen molar-refractivity contribution in [3.05, 3.63) is 0 Å². The standard InChI is InChI=1S/C4H7N3O2S/c1-9-4(8)2(7-10)3(5)6/h10H,1H3,(H3,5,6)/b7-2+. The van der Waals surface area contributed by atoms with Crippen molar-refractivity contribution >= 4 is 30.3 Å². The maximum Gasteiger partial charge on any atom is 0.361 e. The van der Waals surface area contributed by atoms with Gasteiger partial charge < -0.3 is 10.5 Å². The first-order valence-electron chi connectivity index (χ1n) is 2.28. The zero-order valence-electron chi connectivity index (χ0n) is 5.29. The van der Waals surface area contributed by atoms with Gasteiger partial charge in [0, 0.05) is 0 Å². The minimum atomic E-state index is -0.762. The molecule has 0 fully saturated rings. The molecule has 0 amide bonds. The fourth-order valence-electron chi connectivity index (χ4n) is 0.301. The minimum absolute atomic E-state index is 0.286. The first kappa shape index (κ1) is 8.96. The van der Waals surface area contributed by atoms with Crippen LogP contribution < -0.4 is 5.73 Å². The Balaban J connectivity index is 4.39. The molecule has 3 N–H and O–H groups in total. The van der Waals surface area contributed by atoms with Crippen molar-refractivity contribution in [1.29, 1.82) is 5.41 Å². The van der Waals surface area contributed by atoms with E-state index in [0.717, 1.165) is 0 Å². The molecule has 0 rings (SSSR count). The number of nitrogens with zero attached hydrogens (tertiary/aromatic N) is 1. The zero-order chi connectivity index (χ0) is 8.15. The molecule has 0 saturated carbocycles. The summed E-state index contributed by atoms with van der Waals surface area (Å²) in [5.41, 5.74) is 4.64. The molecule has 0 aliphatic carbocycles. The van der Waals surface area contributed by atoms with Crippen molar-refractivity contribution in [1.82, 2.24) is 0 Å². The number of thiol groups is 1. The third kappa shape index (κ3) is 2.06. The predicted octanol–water partition coefficient (Wildman–Crippen LogP) is -0.619. The van der Waals surface area contributed by atoms with E-state index in [9.17, 15) is 4.79 Å². The molecule has 5 nitrogen and oxygen atoms in total. The Labute approximate surface area is 63.3 Å². The number of hydrogen-bond donors (Lipinski definition) is 3. The Bertz CT molecular complexity index is 189. The first-order valence-corrected chi connectivity index (χ1v) is 2.68. The molecule has 0 aliphatic rings. The summed E-state index contributed by atoms with van der Waals surface area (Å²) >= 11 is 3.41. The molecule has 0 bridgehead atoms. The molecule has 0 unspecified atom stereocenters. The van der Waals surface area contributed by atoms with Crippen molar-refractivity contribution in [2.75, 3.05) is 7.11 Å². The van der Waals surface area contributed by atoms with E-state index in [1.165, 1.54) is 7.11 Å². The zero-order valence-corrected chi connectivity index (χ0v) is 6.18. The number of nitrogens with one attached hydrogen (secondary N) is 1. The van der Waals surface area contributed by atoms with E-state index < -0.39 is 11.8 Å². The van der Waals surface area contributed by atoms with E-state index in [1.54, 1.807) is 0 Å². The average Bonchev–Trinajstić information content (AvgIpc) is 1.88. The summed E-state index contributed by atoms with van der Waals surface area (Å²) < 4.78 is 7.37. The van der Waals surface area contributed by atoms with E-state index >= 15 is 0 Å². The van der Waals surface area contributed by atoms with Crippen LogP contribution in [-0.2, 0) is 9.53 Å². The molecular weight excluding hydrogens is 154 g/mol. The summed E-state index contributed by atoms with van der Waals surface area (Å²) in [5.74, 6) is -1.22. The average molecular weight is 161 g/mol. The van der Waals surface area contributed by atoms with Gasteiger partial charge in [-0.05, 0) is 12.8 Å². The topological polar surface area (TPSA) is 88.5 Å². The molecule has 6 heteroatoms. The lowest BCUT2D eigenvalue weighted by molar-refractivity contribution is -0.132. The van der Waals surface area contributed by atoms with Crippen LogP contribution in [0.2, 0.25) is 0 Å². The van der Waals surface area contributed by atoms with Gasteiger partial charge >= 0.3 is 5.97 Å². The number of carbonyl (C=O) groups excluding carboxylic acids is 1. The molecular formula is C4H7N3O2S. The minimum Gasteiger partial charge on any atom is -0.464 e. The van der Waals surface area contributed by atoms with Crippen LogP contribution in [0, 0.1) is 5.41 Å². The summed E-state index contributed by atoms with van der Waals surface area (Å²) in [4.78, 5) is 10.6. The van der Waals surface area contributed by atoms with E-state index in [0.29, 0.717) is 0 Å². The number of carbonyl (C=O) groups is 1. The number of hydrogen-bond acceptors (Lipinski definition) is 5. The summed E-state index contributed by atoms with van der Waals surface area (Å²) in [6.07, 6.45) is 0. The number of amidine groups is 1. The van der Waals surface area contributed by atoms with Crippen molar-refractivity contribution in [2.24, 2.45) is 10.1 Å². The van der Waals surface area contributed by atoms with Gasteiger partial charge in [0.15, 0.2) is 5.71 Å². The van der Waals surface area contributed by atoms with Gasteiger partial charge in [-0.2, -0.15) is 0 Å². The Morgan fingerprint density at radius 2 is 2.30 bits per heavy atom. The van der Waals surface area contributed by atoms with Crippen LogP contribution in [0.1, 0.15) is 0 Å². The second-order valence-corrected chi connectivity index (χ2v) is 1.55. The monoisotopic (exact) mass is 161 g/mol. The molecule has 0 heterocycles. The van der Waals surface area contributed by atoms with E-state index in [-0.39, 0.29) is 5.71 Å². The summed E-state index contributed by atoms with van der Waals surface area (Å²) in [6, 6.07) is 0. The van der Waals surface area contributed by atoms with Gasteiger partial charge in [-0.1, -0.05) is 0 Å². The molecule has 0 aliphatic heterocycles. The number of methoxy groups -OCH3 is 1.